The normalized spacial score (nSPS) is 12.0. The van der Waals surface area contributed by atoms with Gasteiger partial charge in [-0.05, 0) is 0 Å². The zero-order chi connectivity index (χ0) is 5.91. The van der Waals surface area contributed by atoms with Crippen LogP contribution in [0.5, 0.6) is 0 Å². The maximum absolute atomic E-state index is 3.61. The second-order valence-corrected chi connectivity index (χ2v) is 40.4. The monoisotopic (exact) mass is 362 g/mol. The Bertz CT molecular complexity index is 51.7. The van der Waals surface area contributed by atoms with Gasteiger partial charge in [0.05, 0.1) is 0 Å². The van der Waals surface area contributed by atoms with Crippen LogP contribution >= 0.6 is 25.4 Å². The average molecular weight is 363 g/mol. The van der Waals surface area contributed by atoms with Gasteiger partial charge in [0.25, 0.3) is 0 Å². The molecule has 7 heavy (non-hydrogen) atoms. The van der Waals surface area contributed by atoms with Gasteiger partial charge in [0.15, 0.2) is 0 Å². The van der Waals surface area contributed by atoms with Crippen molar-refractivity contribution in [3.63, 3.8) is 0 Å². The van der Waals surface area contributed by atoms with Crippen LogP contribution in [0.3, 0.4) is 0 Å². The minimum absolute atomic E-state index is 1.10. The molecule has 38 valence electrons. The predicted octanol–water partition coefficient (Wildman–Crippen LogP) is 1.47. The fourth-order valence-corrected chi connectivity index (χ4v) is 3.77. The Morgan fingerprint density at radius 3 is 1.43 bits per heavy atom. The van der Waals surface area contributed by atoms with Gasteiger partial charge in [-0.15, -0.1) is 0 Å². The van der Waals surface area contributed by atoms with Gasteiger partial charge in [-0.2, -0.15) is 0 Å². The van der Waals surface area contributed by atoms with Crippen LogP contribution in [-0.4, -0.2) is 34.4 Å². The van der Waals surface area contributed by atoms with Crippen LogP contribution in [0, 0.1) is 0 Å². The van der Waals surface area contributed by atoms with Crippen molar-refractivity contribution in [1.82, 2.24) is 0 Å². The number of hydrogen-bond acceptors (Lipinski definition) is 0. The number of halogens is 2. The summed E-state index contributed by atoms with van der Waals surface area (Å²) in [4.78, 5) is 0. The van der Waals surface area contributed by atoms with E-state index < -0.39 is 13.9 Å². The molecule has 0 fully saturated rings. The fourth-order valence-electron chi connectivity index (χ4n) is 0.0625. The molecule has 6 radical (unpaired) electrons. The Morgan fingerprint density at radius 2 is 1.43 bits per heavy atom. The summed E-state index contributed by atoms with van der Waals surface area (Å²) in [5, 5.41) is 0. The van der Waals surface area contributed by atoms with E-state index in [9.17, 15) is 0 Å². The molecule has 0 aromatic rings. The molecule has 0 aromatic heterocycles. The van der Waals surface area contributed by atoms with Crippen molar-refractivity contribution in [2.75, 3.05) is 0 Å². The Morgan fingerprint density at radius 1 is 1.14 bits per heavy atom. The van der Waals surface area contributed by atoms with Gasteiger partial charge in [0, 0.05) is 0 Å². The molecule has 0 aliphatic heterocycles. The molecule has 0 rings (SSSR count). The Hall–Kier alpha value is 2.19. The first-order chi connectivity index (χ1) is 3.12. The molecule has 0 nitrogen and oxygen atoms in total. The third kappa shape index (κ3) is 4.68. The first-order valence-corrected chi connectivity index (χ1v) is 20.0. The molecule has 0 aliphatic rings. The van der Waals surface area contributed by atoms with E-state index >= 15 is 0 Å². The van der Waals surface area contributed by atoms with Crippen LogP contribution < -0.4 is 0 Å². The van der Waals surface area contributed by atoms with Crippen molar-refractivity contribution < 1.29 is 0 Å². The van der Waals surface area contributed by atoms with E-state index in [1.54, 1.807) is 0 Å². The van der Waals surface area contributed by atoms with E-state index in [1.807, 2.05) is 0 Å². The van der Waals surface area contributed by atoms with Crippen molar-refractivity contribution in [1.29, 1.82) is 0 Å². The maximum atomic E-state index is 3.61. The number of rotatable bonds is 2. The summed E-state index contributed by atoms with van der Waals surface area (Å²) in [7, 11) is 6.89. The first kappa shape index (κ1) is 9.19. The van der Waals surface area contributed by atoms with E-state index in [1.165, 1.54) is 0 Å². The second-order valence-electron chi connectivity index (χ2n) is 1.21. The summed E-state index contributed by atoms with van der Waals surface area (Å²) < 4.78 is 2.19. The van der Waals surface area contributed by atoms with E-state index in [0.717, 1.165) is 8.12 Å². The summed E-state index contributed by atoms with van der Waals surface area (Å²) in [5.41, 5.74) is 0. The van der Waals surface area contributed by atoms with Crippen molar-refractivity contribution in [2.45, 2.75) is 8.12 Å². The third-order valence-electron chi connectivity index (χ3n) is 0.517. The van der Waals surface area contributed by atoms with Crippen molar-refractivity contribution in [2.24, 2.45) is 0 Å². The summed E-state index contributed by atoms with van der Waals surface area (Å²) in [6.07, 6.45) is 0. The SMILES string of the molecule is [Si][CH2][Sn]([Br])([Br])[CH2][Si]. The fraction of sp³-hybridized carbons (Fsp3) is 1.00. The van der Waals surface area contributed by atoms with Gasteiger partial charge in [-0.3, -0.25) is 0 Å². The van der Waals surface area contributed by atoms with E-state index in [0.29, 0.717) is 0 Å². The first-order valence-electron chi connectivity index (χ1n) is 1.79. The van der Waals surface area contributed by atoms with Crippen LogP contribution in [-0.2, 0) is 0 Å². The molecule has 0 spiro atoms. The van der Waals surface area contributed by atoms with Crippen LogP contribution in [0.4, 0.5) is 0 Å². The van der Waals surface area contributed by atoms with Crippen molar-refractivity contribution in [3.05, 3.63) is 0 Å². The Kier molecular flexibility index (Phi) is 5.36. The molecule has 0 saturated carbocycles. The van der Waals surface area contributed by atoms with E-state index in [4.69, 9.17) is 0 Å². The van der Waals surface area contributed by atoms with E-state index in [2.05, 4.69) is 45.9 Å². The number of hydrogen-bond donors (Lipinski definition) is 0. The van der Waals surface area contributed by atoms with Gasteiger partial charge >= 0.3 is 67.9 Å². The molecule has 0 N–H and O–H groups in total. The zero-order valence-corrected chi connectivity index (χ0v) is 11.7. The Labute approximate surface area is 67.1 Å². The average Bonchev–Trinajstić information content (AvgIpc) is 1.68. The molecule has 0 aliphatic carbocycles. The Balaban J connectivity index is 3.36. The zero-order valence-electron chi connectivity index (χ0n) is 3.67. The summed E-state index contributed by atoms with van der Waals surface area (Å²) in [5.74, 6) is 0. The quantitative estimate of drug-likeness (QED) is 0.653. The standard InChI is InChI=1S/2CH2Si.2BrH.Sn/c2*1-2;;;/h2*1H2;2*1H;/q;;;;+2/p-2. The summed E-state index contributed by atoms with van der Waals surface area (Å²) >= 11 is 5.39. The van der Waals surface area contributed by atoms with Gasteiger partial charge < -0.3 is 0 Å². The molecule has 0 saturated heterocycles. The molecule has 0 amide bonds. The van der Waals surface area contributed by atoms with Crippen LogP contribution in [0.1, 0.15) is 0 Å². The third-order valence-corrected chi connectivity index (χ3v) is 33.0. The van der Waals surface area contributed by atoms with Crippen molar-refractivity contribution in [3.8, 4) is 0 Å². The molecule has 0 atom stereocenters. The minimum atomic E-state index is -1.83. The molecule has 0 heterocycles. The molecule has 0 aromatic carbocycles. The second kappa shape index (κ2) is 4.08. The van der Waals surface area contributed by atoms with E-state index in [-0.39, 0.29) is 0 Å². The van der Waals surface area contributed by atoms with Crippen LogP contribution in [0.25, 0.3) is 0 Å². The predicted molar refractivity (Wildman–Crippen MR) is 44.7 cm³/mol. The van der Waals surface area contributed by atoms with Gasteiger partial charge in [0.2, 0.25) is 0 Å². The van der Waals surface area contributed by atoms with Gasteiger partial charge in [0.1, 0.15) is 0 Å². The molecule has 0 unspecified atom stereocenters. The molecular weight excluding hydrogens is 359 g/mol. The van der Waals surface area contributed by atoms with Crippen LogP contribution in [0.2, 0.25) is 8.12 Å². The summed E-state index contributed by atoms with van der Waals surface area (Å²) in [6, 6.07) is 0. The topological polar surface area (TPSA) is 0 Å². The summed E-state index contributed by atoms with van der Waals surface area (Å²) in [6.45, 7) is 0. The van der Waals surface area contributed by atoms with Crippen LogP contribution in [0.15, 0.2) is 0 Å². The van der Waals surface area contributed by atoms with Gasteiger partial charge in [-0.1, -0.05) is 0 Å². The molecule has 5 heteroatoms. The molecule has 0 bridgehead atoms. The van der Waals surface area contributed by atoms with Gasteiger partial charge in [-0.25, -0.2) is 0 Å². The van der Waals surface area contributed by atoms with Crippen molar-refractivity contribution >= 4 is 59.8 Å². The molecular formula is C2H4Br2Si2Sn.